The van der Waals surface area contributed by atoms with E-state index in [1.807, 2.05) is 20.8 Å². The lowest BCUT2D eigenvalue weighted by molar-refractivity contribution is -0.142. The summed E-state index contributed by atoms with van der Waals surface area (Å²) in [6, 6.07) is 0. The monoisotopic (exact) mass is 242 g/mol. The fourth-order valence-corrected chi connectivity index (χ4v) is 2.08. The van der Waals surface area contributed by atoms with Crippen LogP contribution in [0.3, 0.4) is 0 Å². The number of rotatable bonds is 4. The summed E-state index contributed by atoms with van der Waals surface area (Å²) in [4.78, 5) is 24.5. The lowest BCUT2D eigenvalue weighted by Crippen LogP contribution is -2.36. The Labute approximate surface area is 102 Å². The first-order chi connectivity index (χ1) is 7.70. The second-order valence-electron chi connectivity index (χ2n) is 5.71. The fourth-order valence-electron chi connectivity index (χ4n) is 2.08. The molecule has 1 saturated heterocycles. The van der Waals surface area contributed by atoms with Crippen LogP contribution in [0, 0.1) is 11.8 Å². The van der Waals surface area contributed by atoms with E-state index in [2.05, 4.69) is 0 Å². The maximum atomic E-state index is 11.9. The summed E-state index contributed by atoms with van der Waals surface area (Å²) in [6.45, 7) is 6.51. The minimum Gasteiger partial charge on any atom is -0.481 e. The van der Waals surface area contributed by atoms with Crippen molar-refractivity contribution in [1.29, 1.82) is 0 Å². The number of likely N-dealkylation sites (tertiary alicyclic amines) is 1. The topological polar surface area (TPSA) is 83.6 Å². The summed E-state index contributed by atoms with van der Waals surface area (Å²) in [5.41, 5.74) is 5.47. The number of nitrogens with two attached hydrogens (primary N) is 1. The number of aliphatic carboxylic acids is 1. The third-order valence-corrected chi connectivity index (χ3v) is 3.27. The molecule has 0 spiro atoms. The van der Waals surface area contributed by atoms with Crippen LogP contribution in [-0.4, -0.2) is 40.5 Å². The molecule has 0 aromatic heterocycles. The van der Waals surface area contributed by atoms with Gasteiger partial charge < -0.3 is 15.7 Å². The van der Waals surface area contributed by atoms with Gasteiger partial charge in [0.15, 0.2) is 0 Å². The minimum absolute atomic E-state index is 0.0131. The van der Waals surface area contributed by atoms with Crippen LogP contribution < -0.4 is 5.73 Å². The van der Waals surface area contributed by atoms with E-state index in [-0.39, 0.29) is 17.4 Å². The van der Waals surface area contributed by atoms with E-state index >= 15 is 0 Å². The fraction of sp³-hybridized carbons (Fsp3) is 0.833. The molecule has 5 heteroatoms. The van der Waals surface area contributed by atoms with Crippen LogP contribution in [0.25, 0.3) is 0 Å². The molecule has 3 N–H and O–H groups in total. The van der Waals surface area contributed by atoms with Gasteiger partial charge in [0, 0.05) is 25.0 Å². The van der Waals surface area contributed by atoms with E-state index in [9.17, 15) is 9.59 Å². The summed E-state index contributed by atoms with van der Waals surface area (Å²) >= 11 is 0. The molecule has 0 radical (unpaired) electrons. The first kappa shape index (κ1) is 14.0. The number of carbonyl (C=O) groups excluding carboxylic acids is 1. The van der Waals surface area contributed by atoms with Gasteiger partial charge in [-0.25, -0.2) is 0 Å². The molecule has 1 aliphatic rings. The molecule has 1 rings (SSSR count). The van der Waals surface area contributed by atoms with Crippen molar-refractivity contribution in [2.24, 2.45) is 17.6 Å². The number of carbonyl (C=O) groups is 2. The molecule has 2 atom stereocenters. The highest BCUT2D eigenvalue weighted by molar-refractivity contribution is 5.79. The number of carboxylic acid groups (broad SMARTS) is 1. The first-order valence-corrected chi connectivity index (χ1v) is 6.00. The van der Waals surface area contributed by atoms with Crippen LogP contribution in [0.15, 0.2) is 0 Å². The van der Waals surface area contributed by atoms with Crippen LogP contribution in [0.4, 0.5) is 0 Å². The predicted molar refractivity (Wildman–Crippen MR) is 64.4 cm³/mol. The molecule has 0 aromatic rings. The Balaban J connectivity index is 2.48. The molecule has 1 fully saturated rings. The molecule has 0 bridgehead atoms. The van der Waals surface area contributed by atoms with E-state index in [4.69, 9.17) is 10.8 Å². The zero-order chi connectivity index (χ0) is 13.2. The Morgan fingerprint density at radius 1 is 1.41 bits per heavy atom. The zero-order valence-corrected chi connectivity index (χ0v) is 10.8. The highest BCUT2D eigenvalue weighted by atomic mass is 16.4. The first-order valence-electron chi connectivity index (χ1n) is 6.00. The molecule has 1 heterocycles. The summed E-state index contributed by atoms with van der Waals surface area (Å²) in [5.74, 6) is -1.20. The van der Waals surface area contributed by atoms with Gasteiger partial charge >= 0.3 is 5.97 Å². The predicted octanol–water partition coefficient (Wildman–Crippen LogP) is 0.683. The Morgan fingerprint density at radius 2 is 2.00 bits per heavy atom. The van der Waals surface area contributed by atoms with Crippen molar-refractivity contribution in [3.63, 3.8) is 0 Å². The molecule has 0 aromatic carbocycles. The lowest BCUT2D eigenvalue weighted by atomic mass is 9.99. The normalized spacial score (nSPS) is 25.1. The van der Waals surface area contributed by atoms with Crippen molar-refractivity contribution >= 4 is 11.9 Å². The van der Waals surface area contributed by atoms with Gasteiger partial charge in [0.25, 0.3) is 0 Å². The summed E-state index contributed by atoms with van der Waals surface area (Å²) in [7, 11) is 0. The number of amides is 1. The molecule has 17 heavy (non-hydrogen) atoms. The molecule has 98 valence electrons. The molecule has 0 aliphatic carbocycles. The highest BCUT2D eigenvalue weighted by Gasteiger charge is 2.36. The van der Waals surface area contributed by atoms with E-state index in [0.29, 0.717) is 25.9 Å². The second-order valence-corrected chi connectivity index (χ2v) is 5.71. The molecule has 1 amide bonds. The largest absolute Gasteiger partial charge is 0.481 e. The SMILES string of the molecule is C[C@@H]1CN(C(=O)CCC(C)(C)N)C[C@H]1C(=O)O. The van der Waals surface area contributed by atoms with E-state index in [0.717, 1.165) is 0 Å². The van der Waals surface area contributed by atoms with E-state index < -0.39 is 11.9 Å². The van der Waals surface area contributed by atoms with Crippen molar-refractivity contribution in [3.8, 4) is 0 Å². The van der Waals surface area contributed by atoms with Crippen LogP contribution in [0.5, 0.6) is 0 Å². The Hall–Kier alpha value is -1.10. The van der Waals surface area contributed by atoms with Gasteiger partial charge in [-0.2, -0.15) is 0 Å². The minimum atomic E-state index is -0.813. The third kappa shape index (κ3) is 4.00. The number of hydrogen-bond donors (Lipinski definition) is 2. The van der Waals surface area contributed by atoms with Gasteiger partial charge in [-0.3, -0.25) is 9.59 Å². The molecule has 5 nitrogen and oxygen atoms in total. The van der Waals surface area contributed by atoms with Crippen molar-refractivity contribution in [2.75, 3.05) is 13.1 Å². The smallest absolute Gasteiger partial charge is 0.308 e. The molecule has 0 unspecified atom stereocenters. The number of hydrogen-bond acceptors (Lipinski definition) is 3. The van der Waals surface area contributed by atoms with Crippen LogP contribution in [0.2, 0.25) is 0 Å². The van der Waals surface area contributed by atoms with Crippen LogP contribution >= 0.6 is 0 Å². The van der Waals surface area contributed by atoms with E-state index in [1.54, 1.807) is 4.90 Å². The summed E-state index contributed by atoms with van der Waals surface area (Å²) in [6.07, 6.45) is 1.01. The van der Waals surface area contributed by atoms with Gasteiger partial charge in [-0.1, -0.05) is 6.92 Å². The Morgan fingerprint density at radius 3 is 2.41 bits per heavy atom. The maximum Gasteiger partial charge on any atom is 0.308 e. The second kappa shape index (κ2) is 5.04. The highest BCUT2D eigenvalue weighted by Crippen LogP contribution is 2.24. The van der Waals surface area contributed by atoms with Gasteiger partial charge in [0.05, 0.1) is 5.92 Å². The van der Waals surface area contributed by atoms with Crippen molar-refractivity contribution in [2.45, 2.75) is 39.2 Å². The van der Waals surface area contributed by atoms with Gasteiger partial charge in [0.2, 0.25) is 5.91 Å². The molecular weight excluding hydrogens is 220 g/mol. The average Bonchev–Trinajstić information content (AvgIpc) is 2.55. The molecular formula is C12H22N2O3. The van der Waals surface area contributed by atoms with Crippen LogP contribution in [-0.2, 0) is 9.59 Å². The zero-order valence-electron chi connectivity index (χ0n) is 10.8. The maximum absolute atomic E-state index is 11.9. The van der Waals surface area contributed by atoms with Gasteiger partial charge in [-0.15, -0.1) is 0 Å². The van der Waals surface area contributed by atoms with Gasteiger partial charge in [0.1, 0.15) is 0 Å². The molecule has 0 saturated carbocycles. The van der Waals surface area contributed by atoms with Crippen LogP contribution in [0.1, 0.15) is 33.6 Å². The number of carboxylic acids is 1. The lowest BCUT2D eigenvalue weighted by Gasteiger charge is -2.21. The van der Waals surface area contributed by atoms with Crippen molar-refractivity contribution in [3.05, 3.63) is 0 Å². The third-order valence-electron chi connectivity index (χ3n) is 3.27. The van der Waals surface area contributed by atoms with Crippen molar-refractivity contribution < 1.29 is 14.7 Å². The average molecular weight is 242 g/mol. The Bertz CT molecular complexity index is 309. The summed E-state index contributed by atoms with van der Waals surface area (Å²) < 4.78 is 0. The Kier molecular flexibility index (Phi) is 4.14. The van der Waals surface area contributed by atoms with Crippen molar-refractivity contribution in [1.82, 2.24) is 4.90 Å². The van der Waals surface area contributed by atoms with Gasteiger partial charge in [-0.05, 0) is 26.2 Å². The number of nitrogens with zero attached hydrogens (tertiary/aromatic N) is 1. The summed E-state index contributed by atoms with van der Waals surface area (Å²) in [5, 5.41) is 8.98. The van der Waals surface area contributed by atoms with E-state index in [1.165, 1.54) is 0 Å². The molecule has 1 aliphatic heterocycles. The quantitative estimate of drug-likeness (QED) is 0.759. The standard InChI is InChI=1S/C12H22N2O3/c1-8-6-14(7-9(8)11(16)17)10(15)4-5-12(2,3)13/h8-9H,4-7,13H2,1-3H3,(H,16,17)/t8-,9-/m1/s1.